The van der Waals surface area contributed by atoms with Crippen LogP contribution in [-0.4, -0.2) is 41.9 Å². The number of fused-ring (bicyclic) bond motifs is 1. The minimum atomic E-state index is -3.20. The predicted octanol–water partition coefficient (Wildman–Crippen LogP) is 0.800. The number of aromatic nitrogens is 2. The van der Waals surface area contributed by atoms with E-state index in [-0.39, 0.29) is 6.04 Å². The van der Waals surface area contributed by atoms with Crippen molar-refractivity contribution in [3.63, 3.8) is 0 Å². The van der Waals surface area contributed by atoms with Crippen molar-refractivity contribution >= 4 is 10.0 Å². The lowest BCUT2D eigenvalue weighted by Crippen LogP contribution is -2.42. The normalized spacial score (nSPS) is 19.8. The molecule has 0 fully saturated rings. The molecule has 2 aromatic heterocycles. The highest BCUT2D eigenvalue weighted by Gasteiger charge is 2.25. The van der Waals surface area contributed by atoms with Gasteiger partial charge >= 0.3 is 0 Å². The molecule has 2 aromatic rings. The first-order chi connectivity index (χ1) is 10.5. The van der Waals surface area contributed by atoms with Crippen LogP contribution in [0.1, 0.15) is 17.9 Å². The molecule has 3 heterocycles. The van der Waals surface area contributed by atoms with Crippen molar-refractivity contribution in [2.24, 2.45) is 0 Å². The Morgan fingerprint density at radius 1 is 1.45 bits per heavy atom. The summed E-state index contributed by atoms with van der Waals surface area (Å²) in [4.78, 5) is 2.23. The number of rotatable bonds is 5. The molecule has 0 saturated carbocycles. The molecule has 1 aliphatic heterocycles. The molecule has 1 aliphatic rings. The van der Waals surface area contributed by atoms with Gasteiger partial charge in [0, 0.05) is 31.9 Å². The molecule has 0 spiro atoms. The van der Waals surface area contributed by atoms with Gasteiger partial charge < -0.3 is 4.42 Å². The smallest absolute Gasteiger partial charge is 0.208 e. The Labute approximate surface area is 130 Å². The highest BCUT2D eigenvalue weighted by Crippen LogP contribution is 2.19. The largest absolute Gasteiger partial charge is 0.468 e. The molecule has 0 saturated heterocycles. The van der Waals surface area contributed by atoms with Crippen LogP contribution >= 0.6 is 0 Å². The van der Waals surface area contributed by atoms with Crippen LogP contribution in [0.3, 0.4) is 0 Å². The average molecular weight is 324 g/mol. The molecule has 8 heteroatoms. The molecule has 1 unspecified atom stereocenters. The molecule has 22 heavy (non-hydrogen) atoms. The molecule has 0 aromatic carbocycles. The average Bonchev–Trinajstić information content (AvgIpc) is 3.07. The molecule has 120 valence electrons. The van der Waals surface area contributed by atoms with Crippen LogP contribution in [0.5, 0.6) is 0 Å². The molecule has 0 amide bonds. The van der Waals surface area contributed by atoms with Gasteiger partial charge in [-0.25, -0.2) is 13.1 Å². The number of hydrogen-bond acceptors (Lipinski definition) is 5. The van der Waals surface area contributed by atoms with Gasteiger partial charge in [-0.1, -0.05) is 0 Å². The lowest BCUT2D eigenvalue weighted by molar-refractivity contribution is 0.163. The molecule has 0 bridgehead atoms. The number of aryl methyl sites for hydroxylation is 1. The molecule has 7 nitrogen and oxygen atoms in total. The van der Waals surface area contributed by atoms with E-state index in [2.05, 4.69) is 14.7 Å². The molecule has 0 radical (unpaired) electrons. The third-order valence-electron chi connectivity index (χ3n) is 3.88. The zero-order chi connectivity index (χ0) is 15.6. The summed E-state index contributed by atoms with van der Waals surface area (Å²) in [5, 5.41) is 4.32. The van der Waals surface area contributed by atoms with Gasteiger partial charge in [-0.2, -0.15) is 5.10 Å². The second kappa shape index (κ2) is 6.23. The van der Waals surface area contributed by atoms with Gasteiger partial charge in [0.25, 0.3) is 0 Å². The SMILES string of the molecule is CS(=O)(=O)NCC1CCn2nccc2CN1Cc1ccco1. The van der Waals surface area contributed by atoms with Crippen molar-refractivity contribution in [1.29, 1.82) is 0 Å². The third-order valence-corrected chi connectivity index (χ3v) is 4.57. The van der Waals surface area contributed by atoms with Gasteiger partial charge in [0.05, 0.1) is 24.8 Å². The van der Waals surface area contributed by atoms with Crippen LogP contribution in [0.2, 0.25) is 0 Å². The van der Waals surface area contributed by atoms with Crippen molar-refractivity contribution < 1.29 is 12.8 Å². The maximum Gasteiger partial charge on any atom is 0.208 e. The molecule has 1 N–H and O–H groups in total. The first-order valence-corrected chi connectivity index (χ1v) is 9.12. The van der Waals surface area contributed by atoms with Crippen molar-refractivity contribution in [2.75, 3.05) is 12.8 Å². The summed E-state index contributed by atoms with van der Waals surface area (Å²) < 4.78 is 32.8. The fourth-order valence-corrected chi connectivity index (χ4v) is 3.25. The van der Waals surface area contributed by atoms with E-state index >= 15 is 0 Å². The minimum absolute atomic E-state index is 0.0986. The Bertz CT molecular complexity index is 708. The second-order valence-corrected chi connectivity index (χ2v) is 7.43. The predicted molar refractivity (Wildman–Crippen MR) is 81.4 cm³/mol. The third kappa shape index (κ3) is 3.76. The van der Waals surface area contributed by atoms with Crippen molar-refractivity contribution in [1.82, 2.24) is 19.4 Å². The topological polar surface area (TPSA) is 80.4 Å². The van der Waals surface area contributed by atoms with Crippen LogP contribution in [0.4, 0.5) is 0 Å². The van der Waals surface area contributed by atoms with E-state index in [1.807, 2.05) is 22.9 Å². The van der Waals surface area contributed by atoms with E-state index in [4.69, 9.17) is 4.42 Å². The lowest BCUT2D eigenvalue weighted by Gasteiger charge is -2.28. The fourth-order valence-electron chi connectivity index (χ4n) is 2.75. The number of hydrogen-bond donors (Lipinski definition) is 1. The summed E-state index contributed by atoms with van der Waals surface area (Å²) in [5.41, 5.74) is 1.13. The van der Waals surface area contributed by atoms with E-state index in [0.717, 1.165) is 31.0 Å². The number of sulfonamides is 1. The zero-order valence-corrected chi connectivity index (χ0v) is 13.3. The standard InChI is InChI=1S/C14H20N4O3S/c1-22(19,20)16-9-12-5-7-18-13(4-6-15-18)10-17(12)11-14-3-2-8-21-14/h2-4,6,8,12,16H,5,7,9-11H2,1H3. The minimum Gasteiger partial charge on any atom is -0.468 e. The Morgan fingerprint density at radius 3 is 3.05 bits per heavy atom. The van der Waals surface area contributed by atoms with E-state index < -0.39 is 10.0 Å². The van der Waals surface area contributed by atoms with Gasteiger partial charge in [-0.05, 0) is 24.6 Å². The first-order valence-electron chi connectivity index (χ1n) is 7.23. The second-order valence-electron chi connectivity index (χ2n) is 5.59. The first kappa shape index (κ1) is 15.3. The monoisotopic (exact) mass is 324 g/mol. The van der Waals surface area contributed by atoms with Gasteiger partial charge in [0.2, 0.25) is 10.0 Å². The maximum atomic E-state index is 11.4. The summed E-state index contributed by atoms with van der Waals surface area (Å²) in [6, 6.07) is 5.90. The van der Waals surface area contributed by atoms with E-state index in [1.54, 1.807) is 12.5 Å². The van der Waals surface area contributed by atoms with Crippen LogP contribution in [0.15, 0.2) is 35.1 Å². The summed E-state index contributed by atoms with van der Waals surface area (Å²) in [7, 11) is -3.20. The summed E-state index contributed by atoms with van der Waals surface area (Å²) >= 11 is 0. The number of furan rings is 1. The van der Waals surface area contributed by atoms with E-state index in [9.17, 15) is 8.42 Å². The summed E-state index contributed by atoms with van der Waals surface area (Å²) in [6.07, 6.45) is 5.47. The Kier molecular flexibility index (Phi) is 4.32. The molecule has 0 aliphatic carbocycles. The van der Waals surface area contributed by atoms with Crippen molar-refractivity contribution in [3.8, 4) is 0 Å². The Balaban J connectivity index is 1.77. The van der Waals surface area contributed by atoms with Gasteiger partial charge in [-0.3, -0.25) is 9.58 Å². The van der Waals surface area contributed by atoms with Gasteiger partial charge in [0.15, 0.2) is 0 Å². The molecule has 1 atom stereocenters. The highest BCUT2D eigenvalue weighted by atomic mass is 32.2. The molecule has 3 rings (SSSR count). The fraction of sp³-hybridized carbons (Fsp3) is 0.500. The van der Waals surface area contributed by atoms with Gasteiger partial charge in [-0.15, -0.1) is 0 Å². The Morgan fingerprint density at radius 2 is 2.32 bits per heavy atom. The molecular weight excluding hydrogens is 304 g/mol. The maximum absolute atomic E-state index is 11.4. The van der Waals surface area contributed by atoms with E-state index in [1.165, 1.54) is 6.26 Å². The van der Waals surface area contributed by atoms with Gasteiger partial charge in [0.1, 0.15) is 5.76 Å². The van der Waals surface area contributed by atoms with Crippen LogP contribution in [-0.2, 0) is 29.7 Å². The molecular formula is C14H20N4O3S. The van der Waals surface area contributed by atoms with Crippen molar-refractivity contribution in [2.45, 2.75) is 32.1 Å². The number of nitrogens with zero attached hydrogens (tertiary/aromatic N) is 3. The van der Waals surface area contributed by atoms with Crippen LogP contribution in [0, 0.1) is 0 Å². The number of nitrogens with one attached hydrogen (secondary N) is 1. The zero-order valence-electron chi connectivity index (χ0n) is 12.5. The summed E-state index contributed by atoms with van der Waals surface area (Å²) in [6.45, 7) is 2.54. The van der Waals surface area contributed by atoms with Crippen molar-refractivity contribution in [3.05, 3.63) is 42.1 Å². The van der Waals surface area contributed by atoms with Crippen LogP contribution in [0.25, 0.3) is 0 Å². The Hall–Kier alpha value is -1.64. The highest BCUT2D eigenvalue weighted by molar-refractivity contribution is 7.88. The van der Waals surface area contributed by atoms with E-state index in [0.29, 0.717) is 13.1 Å². The quantitative estimate of drug-likeness (QED) is 0.880. The lowest BCUT2D eigenvalue weighted by atomic mass is 10.1. The van der Waals surface area contributed by atoms with Crippen LogP contribution < -0.4 is 4.72 Å². The summed E-state index contributed by atoms with van der Waals surface area (Å²) in [5.74, 6) is 0.873.